The van der Waals surface area contributed by atoms with Crippen LogP contribution in [0.15, 0.2) is 4.99 Å². The van der Waals surface area contributed by atoms with Crippen molar-refractivity contribution < 1.29 is 4.79 Å². The van der Waals surface area contributed by atoms with Crippen molar-refractivity contribution in [3.63, 3.8) is 0 Å². The molecular formula is C5H8N2O. The Balaban J connectivity index is 2.41. The van der Waals surface area contributed by atoms with Crippen molar-refractivity contribution in [3.05, 3.63) is 0 Å². The first-order valence-electron chi connectivity index (χ1n) is 2.58. The Labute approximate surface area is 47.6 Å². The summed E-state index contributed by atoms with van der Waals surface area (Å²) in [4.78, 5) is 14.2. The largest absolute Gasteiger partial charge is 0.369 e. The number of aliphatic imine (C=N–C) groups is 1. The highest BCUT2D eigenvalue weighted by molar-refractivity contribution is 5.81. The van der Waals surface area contributed by atoms with Gasteiger partial charge in [-0.3, -0.25) is 9.79 Å². The minimum absolute atomic E-state index is 0.0185. The van der Waals surface area contributed by atoms with Gasteiger partial charge in [-0.25, -0.2) is 0 Å². The molecule has 0 aromatic heterocycles. The summed E-state index contributed by atoms with van der Waals surface area (Å²) in [6.07, 6.45) is 2.48. The molecule has 1 amide bonds. The molecule has 3 nitrogen and oxygen atoms in total. The molecule has 0 aromatic carbocycles. The number of nitrogens with zero attached hydrogens (tertiary/aromatic N) is 1. The first-order chi connectivity index (χ1) is 3.80. The molecule has 1 aliphatic rings. The molecule has 8 heavy (non-hydrogen) atoms. The first kappa shape index (κ1) is 5.28. The molecule has 0 aliphatic carbocycles. The predicted molar refractivity (Wildman–Crippen MR) is 30.7 cm³/mol. The number of carbonyl (C=O) groups excluding carboxylic acids is 1. The maximum atomic E-state index is 10.3. The standard InChI is InChI=1S/C5H8N2O/c6-5(8)4-1-2-7-3-4/h2,4H,1,3H2,(H2,6,8). The molecular weight excluding hydrogens is 104 g/mol. The molecule has 0 bridgehead atoms. The molecule has 3 heteroatoms. The highest BCUT2D eigenvalue weighted by atomic mass is 16.1. The zero-order valence-electron chi connectivity index (χ0n) is 4.50. The summed E-state index contributed by atoms with van der Waals surface area (Å²) in [5, 5.41) is 0. The van der Waals surface area contributed by atoms with E-state index in [0.717, 1.165) is 6.42 Å². The highest BCUT2D eigenvalue weighted by Crippen LogP contribution is 2.05. The van der Waals surface area contributed by atoms with Crippen molar-refractivity contribution in [3.8, 4) is 0 Å². The van der Waals surface area contributed by atoms with Crippen LogP contribution in [0.5, 0.6) is 0 Å². The second-order valence-electron chi connectivity index (χ2n) is 1.88. The van der Waals surface area contributed by atoms with Crippen LogP contribution in [0.1, 0.15) is 6.42 Å². The number of amides is 1. The number of primary amides is 1. The highest BCUT2D eigenvalue weighted by Gasteiger charge is 2.15. The minimum Gasteiger partial charge on any atom is -0.369 e. The molecule has 2 N–H and O–H groups in total. The SMILES string of the molecule is NC(=O)C1CC=NC1. The van der Waals surface area contributed by atoms with Crippen molar-refractivity contribution in [2.75, 3.05) is 6.54 Å². The Morgan fingerprint density at radius 1 is 1.88 bits per heavy atom. The Kier molecular flexibility index (Phi) is 1.28. The number of hydrogen-bond donors (Lipinski definition) is 1. The molecule has 1 atom stereocenters. The maximum Gasteiger partial charge on any atom is 0.222 e. The van der Waals surface area contributed by atoms with Gasteiger partial charge in [0.2, 0.25) is 5.91 Å². The zero-order chi connectivity index (χ0) is 5.98. The van der Waals surface area contributed by atoms with E-state index in [1.807, 2.05) is 0 Å². The summed E-state index contributed by atoms with van der Waals surface area (Å²) in [7, 11) is 0. The van der Waals surface area contributed by atoms with Crippen LogP contribution in [-0.2, 0) is 4.79 Å². The normalized spacial score (nSPS) is 26.2. The fourth-order valence-electron chi connectivity index (χ4n) is 0.684. The quantitative estimate of drug-likeness (QED) is 0.491. The number of hydrogen-bond acceptors (Lipinski definition) is 2. The monoisotopic (exact) mass is 112 g/mol. The van der Waals surface area contributed by atoms with E-state index in [-0.39, 0.29) is 11.8 Å². The van der Waals surface area contributed by atoms with E-state index in [1.165, 1.54) is 0 Å². The lowest BCUT2D eigenvalue weighted by molar-refractivity contribution is -0.121. The first-order valence-corrected chi connectivity index (χ1v) is 2.58. The summed E-state index contributed by atoms with van der Waals surface area (Å²) in [5.41, 5.74) is 4.98. The van der Waals surface area contributed by atoms with Crippen LogP contribution in [0, 0.1) is 5.92 Å². The minimum atomic E-state index is -0.234. The van der Waals surface area contributed by atoms with Gasteiger partial charge < -0.3 is 5.73 Å². The van der Waals surface area contributed by atoms with Gasteiger partial charge in [0.05, 0.1) is 12.5 Å². The van der Waals surface area contributed by atoms with Gasteiger partial charge in [0, 0.05) is 0 Å². The van der Waals surface area contributed by atoms with E-state index >= 15 is 0 Å². The topological polar surface area (TPSA) is 55.5 Å². The molecule has 1 heterocycles. The Morgan fingerprint density at radius 3 is 2.88 bits per heavy atom. The van der Waals surface area contributed by atoms with Gasteiger partial charge >= 0.3 is 0 Å². The van der Waals surface area contributed by atoms with Gasteiger partial charge in [-0.1, -0.05) is 0 Å². The lowest BCUT2D eigenvalue weighted by Gasteiger charge is -1.97. The molecule has 0 saturated carbocycles. The van der Waals surface area contributed by atoms with Gasteiger partial charge in [0.25, 0.3) is 0 Å². The average molecular weight is 112 g/mol. The second kappa shape index (κ2) is 1.94. The van der Waals surface area contributed by atoms with E-state index < -0.39 is 0 Å². The molecule has 1 unspecified atom stereocenters. The van der Waals surface area contributed by atoms with E-state index in [9.17, 15) is 4.79 Å². The number of carbonyl (C=O) groups is 1. The number of nitrogens with two attached hydrogens (primary N) is 1. The van der Waals surface area contributed by atoms with Crippen molar-refractivity contribution in [1.82, 2.24) is 0 Å². The lowest BCUT2D eigenvalue weighted by atomic mass is 10.1. The van der Waals surface area contributed by atoms with Crippen LogP contribution in [0.3, 0.4) is 0 Å². The van der Waals surface area contributed by atoms with Crippen molar-refractivity contribution in [2.45, 2.75) is 6.42 Å². The molecule has 1 aliphatic heterocycles. The Bertz CT molecular complexity index is 122. The summed E-state index contributed by atoms with van der Waals surface area (Å²) in [6, 6.07) is 0. The second-order valence-corrected chi connectivity index (χ2v) is 1.88. The van der Waals surface area contributed by atoms with Gasteiger partial charge in [-0.05, 0) is 12.6 Å². The van der Waals surface area contributed by atoms with Gasteiger partial charge in [-0.15, -0.1) is 0 Å². The van der Waals surface area contributed by atoms with Gasteiger partial charge in [-0.2, -0.15) is 0 Å². The fraction of sp³-hybridized carbons (Fsp3) is 0.600. The molecule has 0 fully saturated rings. The Morgan fingerprint density at radius 2 is 2.62 bits per heavy atom. The van der Waals surface area contributed by atoms with Crippen LogP contribution < -0.4 is 5.73 Å². The third-order valence-electron chi connectivity index (χ3n) is 1.25. The van der Waals surface area contributed by atoms with Gasteiger partial charge in [0.1, 0.15) is 0 Å². The average Bonchev–Trinajstić information content (AvgIpc) is 2.12. The van der Waals surface area contributed by atoms with Crippen LogP contribution >= 0.6 is 0 Å². The van der Waals surface area contributed by atoms with Crippen molar-refractivity contribution >= 4 is 12.1 Å². The zero-order valence-corrected chi connectivity index (χ0v) is 4.50. The molecule has 0 radical (unpaired) electrons. The van der Waals surface area contributed by atoms with E-state index in [4.69, 9.17) is 5.73 Å². The van der Waals surface area contributed by atoms with Gasteiger partial charge in [0.15, 0.2) is 0 Å². The lowest BCUT2D eigenvalue weighted by Crippen LogP contribution is -2.23. The molecule has 0 saturated heterocycles. The molecule has 0 spiro atoms. The predicted octanol–water partition coefficient (Wildman–Crippen LogP) is -0.438. The third-order valence-corrected chi connectivity index (χ3v) is 1.25. The Hall–Kier alpha value is -0.860. The van der Waals surface area contributed by atoms with Crippen LogP contribution in [0.4, 0.5) is 0 Å². The van der Waals surface area contributed by atoms with Crippen LogP contribution in [0.25, 0.3) is 0 Å². The summed E-state index contributed by atoms with van der Waals surface area (Å²) >= 11 is 0. The molecule has 1 rings (SSSR count). The van der Waals surface area contributed by atoms with E-state index in [1.54, 1.807) is 6.21 Å². The van der Waals surface area contributed by atoms with Crippen molar-refractivity contribution in [1.29, 1.82) is 0 Å². The third kappa shape index (κ3) is 0.857. The van der Waals surface area contributed by atoms with Crippen LogP contribution in [-0.4, -0.2) is 18.7 Å². The summed E-state index contributed by atoms with van der Waals surface area (Å²) in [5.74, 6) is -0.252. The van der Waals surface area contributed by atoms with E-state index in [2.05, 4.69) is 4.99 Å². The number of rotatable bonds is 1. The summed E-state index contributed by atoms with van der Waals surface area (Å²) in [6.45, 7) is 0.593. The maximum absolute atomic E-state index is 10.3. The van der Waals surface area contributed by atoms with Crippen molar-refractivity contribution in [2.24, 2.45) is 16.6 Å². The fourth-order valence-corrected chi connectivity index (χ4v) is 0.684. The molecule has 44 valence electrons. The van der Waals surface area contributed by atoms with E-state index in [0.29, 0.717) is 6.54 Å². The smallest absolute Gasteiger partial charge is 0.222 e. The summed E-state index contributed by atoms with van der Waals surface area (Å²) < 4.78 is 0. The molecule has 0 aromatic rings. The van der Waals surface area contributed by atoms with Crippen LogP contribution in [0.2, 0.25) is 0 Å².